The standard InChI is InChI=1S/C23H33N3O3S.2ClH/c1-18(2)30(27,28)25(3)21-13-14-23(29-4)20(16-21)17-24-26-15-9-8-12-22(26)19-10-6-5-7-11-19;;/h5-7,10-11,13-14,16,18,22,24H,8-9,12,15,17H2,1-4H3;2*1H. The number of nitrogens with one attached hydrogen (secondary N) is 1. The van der Waals surface area contributed by atoms with Crippen LogP contribution >= 0.6 is 24.8 Å². The second kappa shape index (κ2) is 12.7. The molecule has 32 heavy (non-hydrogen) atoms. The predicted molar refractivity (Wildman–Crippen MR) is 137 cm³/mol. The fourth-order valence-corrected chi connectivity index (χ4v) is 4.93. The summed E-state index contributed by atoms with van der Waals surface area (Å²) in [4.78, 5) is 0. The number of hydrazine groups is 1. The number of sulfonamides is 1. The third kappa shape index (κ3) is 6.51. The molecular formula is C23H35Cl2N3O3S. The maximum atomic E-state index is 12.6. The number of methoxy groups -OCH3 is 1. The van der Waals surface area contributed by atoms with Crippen LogP contribution in [0.2, 0.25) is 0 Å². The summed E-state index contributed by atoms with van der Waals surface area (Å²) in [5.74, 6) is 0.745. The number of hydrogen-bond acceptors (Lipinski definition) is 5. The molecule has 0 aliphatic carbocycles. The lowest BCUT2D eigenvalue weighted by Crippen LogP contribution is -2.43. The first-order valence-corrected chi connectivity index (χ1v) is 12.0. The summed E-state index contributed by atoms with van der Waals surface area (Å²) >= 11 is 0. The van der Waals surface area contributed by atoms with Crippen molar-refractivity contribution in [1.82, 2.24) is 10.4 Å². The molecule has 9 heteroatoms. The highest BCUT2D eigenvalue weighted by molar-refractivity contribution is 7.93. The monoisotopic (exact) mass is 503 g/mol. The molecule has 180 valence electrons. The summed E-state index contributed by atoms with van der Waals surface area (Å²) in [6.45, 7) is 4.93. The van der Waals surface area contributed by atoms with Crippen molar-refractivity contribution < 1.29 is 13.2 Å². The van der Waals surface area contributed by atoms with E-state index in [0.29, 0.717) is 18.3 Å². The Balaban J connectivity index is 0.00000256. The minimum Gasteiger partial charge on any atom is -0.496 e. The predicted octanol–water partition coefficient (Wildman–Crippen LogP) is 4.95. The van der Waals surface area contributed by atoms with Crippen molar-refractivity contribution in [2.45, 2.75) is 50.9 Å². The molecule has 0 amide bonds. The summed E-state index contributed by atoms with van der Waals surface area (Å²) in [6, 6.07) is 16.4. The van der Waals surface area contributed by atoms with Crippen LogP contribution in [0.4, 0.5) is 5.69 Å². The molecule has 6 nitrogen and oxygen atoms in total. The molecule has 0 bridgehead atoms. The van der Waals surface area contributed by atoms with Gasteiger partial charge in [0.05, 0.1) is 18.0 Å². The highest BCUT2D eigenvalue weighted by atomic mass is 35.5. The Bertz CT molecular complexity index is 943. The van der Waals surface area contributed by atoms with E-state index in [1.807, 2.05) is 18.2 Å². The molecule has 1 aliphatic heterocycles. The van der Waals surface area contributed by atoms with Crippen LogP contribution in [0.15, 0.2) is 48.5 Å². The van der Waals surface area contributed by atoms with E-state index < -0.39 is 15.3 Å². The zero-order valence-corrected chi connectivity index (χ0v) is 21.6. The van der Waals surface area contributed by atoms with Crippen molar-refractivity contribution in [2.75, 3.05) is 25.0 Å². The van der Waals surface area contributed by atoms with Crippen LogP contribution in [0, 0.1) is 0 Å². The minimum absolute atomic E-state index is 0. The van der Waals surface area contributed by atoms with Crippen LogP contribution in [-0.4, -0.2) is 39.4 Å². The van der Waals surface area contributed by atoms with Crippen LogP contribution in [0.3, 0.4) is 0 Å². The number of ether oxygens (including phenoxy) is 1. The fraction of sp³-hybridized carbons (Fsp3) is 0.478. The number of piperidine rings is 1. The summed E-state index contributed by atoms with van der Waals surface area (Å²) in [5.41, 5.74) is 6.45. The van der Waals surface area contributed by atoms with Crippen molar-refractivity contribution in [3.63, 3.8) is 0 Å². The molecule has 1 unspecified atom stereocenters. The van der Waals surface area contributed by atoms with E-state index in [-0.39, 0.29) is 24.8 Å². The number of rotatable bonds is 8. The summed E-state index contributed by atoms with van der Waals surface area (Å²) in [7, 11) is -0.144. The number of benzene rings is 2. The van der Waals surface area contributed by atoms with E-state index in [1.165, 1.54) is 16.3 Å². The van der Waals surface area contributed by atoms with Crippen molar-refractivity contribution in [3.05, 3.63) is 59.7 Å². The van der Waals surface area contributed by atoms with Gasteiger partial charge in [0.1, 0.15) is 5.75 Å². The van der Waals surface area contributed by atoms with E-state index in [4.69, 9.17) is 4.74 Å². The molecule has 2 aromatic carbocycles. The van der Waals surface area contributed by atoms with Gasteiger partial charge in [0.15, 0.2) is 0 Å². The molecular weight excluding hydrogens is 469 g/mol. The van der Waals surface area contributed by atoms with E-state index in [0.717, 1.165) is 30.7 Å². The Labute approximate surface area is 205 Å². The SMILES string of the molecule is COc1ccc(N(C)S(=O)(=O)C(C)C)cc1CNN1CCCCC1c1ccccc1.Cl.Cl. The lowest BCUT2D eigenvalue weighted by molar-refractivity contribution is 0.0822. The minimum atomic E-state index is -3.38. The topological polar surface area (TPSA) is 61.9 Å². The Kier molecular flexibility index (Phi) is 11.3. The molecule has 1 atom stereocenters. The number of nitrogens with zero attached hydrogens (tertiary/aromatic N) is 2. The molecule has 3 rings (SSSR count). The van der Waals surface area contributed by atoms with Gasteiger partial charge in [-0.25, -0.2) is 13.4 Å². The lowest BCUT2D eigenvalue weighted by Gasteiger charge is -2.36. The van der Waals surface area contributed by atoms with Crippen LogP contribution in [0.1, 0.15) is 50.3 Å². The Morgan fingerprint density at radius 1 is 1.12 bits per heavy atom. The Hall–Kier alpha value is -1.51. The van der Waals surface area contributed by atoms with E-state index >= 15 is 0 Å². The van der Waals surface area contributed by atoms with E-state index in [2.05, 4.69) is 34.7 Å². The van der Waals surface area contributed by atoms with Crippen molar-refractivity contribution in [2.24, 2.45) is 0 Å². The third-order valence-electron chi connectivity index (χ3n) is 5.76. The van der Waals surface area contributed by atoms with Crippen LogP contribution in [0.25, 0.3) is 0 Å². The average molecular weight is 505 g/mol. The first-order chi connectivity index (χ1) is 14.3. The quantitative estimate of drug-likeness (QED) is 0.552. The maximum absolute atomic E-state index is 12.6. The largest absolute Gasteiger partial charge is 0.496 e. The number of hydrogen-bond donors (Lipinski definition) is 1. The van der Waals surface area contributed by atoms with Crippen molar-refractivity contribution >= 4 is 40.5 Å². The second-order valence-electron chi connectivity index (χ2n) is 8.01. The first kappa shape index (κ1) is 28.5. The molecule has 1 saturated heterocycles. The third-order valence-corrected chi connectivity index (χ3v) is 7.93. The van der Waals surface area contributed by atoms with Crippen LogP contribution in [0.5, 0.6) is 5.75 Å². The first-order valence-electron chi connectivity index (χ1n) is 10.5. The van der Waals surface area contributed by atoms with Gasteiger partial charge in [-0.2, -0.15) is 0 Å². The zero-order valence-electron chi connectivity index (χ0n) is 19.2. The Morgan fingerprint density at radius 3 is 2.44 bits per heavy atom. The summed E-state index contributed by atoms with van der Waals surface area (Å²) in [6.07, 6.45) is 3.49. The molecule has 1 N–H and O–H groups in total. The smallest absolute Gasteiger partial charge is 0.237 e. The molecule has 1 aliphatic rings. The normalized spacial score (nSPS) is 16.7. The molecule has 0 aromatic heterocycles. The van der Waals surface area contributed by atoms with Gasteiger partial charge in [0.2, 0.25) is 10.0 Å². The van der Waals surface area contributed by atoms with Gasteiger partial charge >= 0.3 is 0 Å². The van der Waals surface area contributed by atoms with Gasteiger partial charge < -0.3 is 4.74 Å². The van der Waals surface area contributed by atoms with Gasteiger partial charge in [0.25, 0.3) is 0 Å². The zero-order chi connectivity index (χ0) is 21.7. The maximum Gasteiger partial charge on any atom is 0.237 e. The summed E-state index contributed by atoms with van der Waals surface area (Å²) < 4.78 is 32.0. The number of anilines is 1. The van der Waals surface area contributed by atoms with Gasteiger partial charge in [-0.05, 0) is 50.5 Å². The molecule has 1 heterocycles. The fourth-order valence-electron chi connectivity index (χ4n) is 3.89. The second-order valence-corrected chi connectivity index (χ2v) is 10.5. The molecule has 0 spiro atoms. The van der Waals surface area contributed by atoms with Gasteiger partial charge in [-0.3, -0.25) is 9.73 Å². The van der Waals surface area contributed by atoms with Gasteiger partial charge in [-0.15, -0.1) is 24.8 Å². The highest BCUT2D eigenvalue weighted by Gasteiger charge is 2.25. The molecule has 2 aromatic rings. The Morgan fingerprint density at radius 2 is 1.81 bits per heavy atom. The molecule has 1 fully saturated rings. The van der Waals surface area contributed by atoms with E-state index in [1.54, 1.807) is 34.1 Å². The summed E-state index contributed by atoms with van der Waals surface area (Å²) in [5, 5.41) is 1.82. The van der Waals surface area contributed by atoms with Gasteiger partial charge in [0, 0.05) is 31.7 Å². The lowest BCUT2D eigenvalue weighted by atomic mass is 9.97. The van der Waals surface area contributed by atoms with E-state index in [9.17, 15) is 8.42 Å². The molecule has 0 saturated carbocycles. The highest BCUT2D eigenvalue weighted by Crippen LogP contribution is 2.31. The number of halogens is 2. The van der Waals surface area contributed by atoms with Crippen LogP contribution in [-0.2, 0) is 16.6 Å². The van der Waals surface area contributed by atoms with Crippen molar-refractivity contribution in [3.8, 4) is 5.75 Å². The molecule has 0 radical (unpaired) electrons. The average Bonchev–Trinajstić information content (AvgIpc) is 2.77. The van der Waals surface area contributed by atoms with Gasteiger partial charge in [-0.1, -0.05) is 36.8 Å². The van der Waals surface area contributed by atoms with Crippen LogP contribution < -0.4 is 14.5 Å². The van der Waals surface area contributed by atoms with Crippen molar-refractivity contribution in [1.29, 1.82) is 0 Å².